The number of hydrogen-bond donors (Lipinski definition) is 1. The van der Waals surface area contributed by atoms with Crippen LogP contribution in [0.4, 0.5) is 5.69 Å². The second-order valence-electron chi connectivity index (χ2n) is 5.79. The SMILES string of the molecule is CC(C)c1ccc(NC2CCCc3sc(Br)cc32)cc1. The summed E-state index contributed by atoms with van der Waals surface area (Å²) in [4.78, 5) is 1.54. The van der Waals surface area contributed by atoms with Gasteiger partial charge >= 0.3 is 0 Å². The van der Waals surface area contributed by atoms with Gasteiger partial charge in [0.05, 0.1) is 9.83 Å². The maximum atomic E-state index is 3.70. The van der Waals surface area contributed by atoms with Crippen molar-refractivity contribution in [3.8, 4) is 0 Å². The Labute approximate surface area is 133 Å². The Bertz CT molecular complexity index is 586. The van der Waals surface area contributed by atoms with E-state index in [1.54, 1.807) is 4.88 Å². The van der Waals surface area contributed by atoms with Gasteiger partial charge in [-0.25, -0.2) is 0 Å². The van der Waals surface area contributed by atoms with Crippen LogP contribution >= 0.6 is 27.3 Å². The third kappa shape index (κ3) is 2.94. The van der Waals surface area contributed by atoms with E-state index in [9.17, 15) is 0 Å². The minimum absolute atomic E-state index is 0.464. The molecule has 1 heterocycles. The van der Waals surface area contributed by atoms with E-state index in [2.05, 4.69) is 65.4 Å². The van der Waals surface area contributed by atoms with Crippen LogP contribution in [0.3, 0.4) is 0 Å². The van der Waals surface area contributed by atoms with Crippen LogP contribution in [0.15, 0.2) is 34.1 Å². The van der Waals surface area contributed by atoms with Gasteiger partial charge in [-0.1, -0.05) is 26.0 Å². The van der Waals surface area contributed by atoms with Crippen molar-refractivity contribution < 1.29 is 0 Å². The predicted molar refractivity (Wildman–Crippen MR) is 91.9 cm³/mol. The molecule has 1 aromatic heterocycles. The molecule has 0 spiro atoms. The lowest BCUT2D eigenvalue weighted by Crippen LogP contribution is -2.15. The van der Waals surface area contributed by atoms with Crippen LogP contribution in [-0.4, -0.2) is 0 Å². The Kier molecular flexibility index (Phi) is 4.18. The van der Waals surface area contributed by atoms with Crippen molar-refractivity contribution in [1.29, 1.82) is 0 Å². The van der Waals surface area contributed by atoms with Crippen molar-refractivity contribution in [2.24, 2.45) is 0 Å². The molecule has 1 unspecified atom stereocenters. The van der Waals surface area contributed by atoms with Gasteiger partial charge in [-0.15, -0.1) is 11.3 Å². The molecule has 0 bridgehead atoms. The Morgan fingerprint density at radius 2 is 2.00 bits per heavy atom. The molecule has 0 amide bonds. The van der Waals surface area contributed by atoms with Crippen molar-refractivity contribution in [2.75, 3.05) is 5.32 Å². The minimum Gasteiger partial charge on any atom is -0.378 e. The van der Waals surface area contributed by atoms with E-state index in [0.717, 1.165) is 0 Å². The molecule has 0 fully saturated rings. The molecular weight excluding hydrogens is 330 g/mol. The lowest BCUT2D eigenvalue weighted by atomic mass is 9.93. The number of benzene rings is 1. The van der Waals surface area contributed by atoms with Crippen LogP contribution in [0.25, 0.3) is 0 Å². The standard InChI is InChI=1S/C17H20BrNS/c1-11(2)12-6-8-13(9-7-12)19-15-4-3-5-16-14(15)10-17(18)20-16/h6-11,15,19H,3-5H2,1-2H3. The number of nitrogens with one attached hydrogen (secondary N) is 1. The van der Waals surface area contributed by atoms with Gasteiger partial charge in [0.1, 0.15) is 0 Å². The number of halogens is 1. The molecule has 1 aliphatic carbocycles. The van der Waals surface area contributed by atoms with Gasteiger partial charge in [-0.05, 0) is 70.4 Å². The summed E-state index contributed by atoms with van der Waals surface area (Å²) in [5.41, 5.74) is 4.12. The molecule has 2 aromatic rings. The first-order valence-corrected chi connectivity index (χ1v) is 8.89. The summed E-state index contributed by atoms with van der Waals surface area (Å²) >= 11 is 5.51. The van der Waals surface area contributed by atoms with Gasteiger partial charge in [0.15, 0.2) is 0 Å². The van der Waals surface area contributed by atoms with Crippen LogP contribution in [0.1, 0.15) is 54.7 Å². The highest BCUT2D eigenvalue weighted by Gasteiger charge is 2.22. The third-order valence-corrected chi connectivity index (χ3v) is 5.72. The molecule has 0 saturated heterocycles. The number of hydrogen-bond acceptors (Lipinski definition) is 2. The minimum atomic E-state index is 0.464. The Morgan fingerprint density at radius 3 is 2.70 bits per heavy atom. The molecule has 3 rings (SSSR count). The van der Waals surface area contributed by atoms with Crippen molar-refractivity contribution in [3.63, 3.8) is 0 Å². The van der Waals surface area contributed by atoms with E-state index in [1.807, 2.05) is 11.3 Å². The summed E-state index contributed by atoms with van der Waals surface area (Å²) in [7, 11) is 0. The molecule has 0 saturated carbocycles. The molecular formula is C17H20BrNS. The molecule has 106 valence electrons. The average molecular weight is 350 g/mol. The fraction of sp³-hybridized carbons (Fsp3) is 0.412. The first-order valence-electron chi connectivity index (χ1n) is 7.28. The molecule has 20 heavy (non-hydrogen) atoms. The van der Waals surface area contributed by atoms with Gasteiger partial charge < -0.3 is 5.32 Å². The molecule has 1 aromatic carbocycles. The van der Waals surface area contributed by atoms with Crippen molar-refractivity contribution in [2.45, 2.75) is 45.1 Å². The van der Waals surface area contributed by atoms with Crippen molar-refractivity contribution in [1.82, 2.24) is 0 Å². The quantitative estimate of drug-likeness (QED) is 0.703. The summed E-state index contributed by atoms with van der Waals surface area (Å²) in [5.74, 6) is 0.596. The van der Waals surface area contributed by atoms with Crippen LogP contribution in [0, 0.1) is 0 Å². The van der Waals surface area contributed by atoms with E-state index in [1.165, 1.54) is 39.9 Å². The smallest absolute Gasteiger partial charge is 0.0705 e. The lowest BCUT2D eigenvalue weighted by molar-refractivity contribution is 0.609. The van der Waals surface area contributed by atoms with Gasteiger partial charge in [-0.2, -0.15) is 0 Å². The molecule has 1 aliphatic rings. The molecule has 0 aliphatic heterocycles. The van der Waals surface area contributed by atoms with Gasteiger partial charge in [0.2, 0.25) is 0 Å². The van der Waals surface area contributed by atoms with E-state index in [0.29, 0.717) is 12.0 Å². The lowest BCUT2D eigenvalue weighted by Gasteiger charge is -2.24. The largest absolute Gasteiger partial charge is 0.378 e. The zero-order valence-corrected chi connectivity index (χ0v) is 14.4. The number of thiophene rings is 1. The van der Waals surface area contributed by atoms with Crippen LogP contribution in [-0.2, 0) is 6.42 Å². The maximum Gasteiger partial charge on any atom is 0.0705 e. The third-order valence-electron chi connectivity index (χ3n) is 4.00. The summed E-state index contributed by atoms with van der Waals surface area (Å²) in [6.45, 7) is 4.47. The second-order valence-corrected chi connectivity index (χ2v) is 8.31. The Balaban J connectivity index is 1.78. The average Bonchev–Trinajstić information content (AvgIpc) is 2.81. The Hall–Kier alpha value is -0.800. The second kappa shape index (κ2) is 5.90. The van der Waals surface area contributed by atoms with E-state index >= 15 is 0 Å². The first kappa shape index (κ1) is 14.2. The van der Waals surface area contributed by atoms with Crippen LogP contribution in [0.5, 0.6) is 0 Å². The van der Waals surface area contributed by atoms with Crippen molar-refractivity contribution in [3.05, 3.63) is 50.1 Å². The van der Waals surface area contributed by atoms with E-state index in [4.69, 9.17) is 0 Å². The molecule has 0 radical (unpaired) electrons. The normalized spacial score (nSPS) is 18.1. The highest BCUT2D eigenvalue weighted by molar-refractivity contribution is 9.11. The van der Waals surface area contributed by atoms with Crippen LogP contribution < -0.4 is 5.32 Å². The maximum absolute atomic E-state index is 3.70. The zero-order chi connectivity index (χ0) is 14.1. The van der Waals surface area contributed by atoms with Gasteiger partial charge in [0, 0.05) is 10.6 Å². The summed E-state index contributed by atoms with van der Waals surface area (Å²) in [6, 6.07) is 11.7. The van der Waals surface area contributed by atoms with Gasteiger partial charge in [-0.3, -0.25) is 0 Å². The molecule has 1 nitrogen and oxygen atoms in total. The zero-order valence-electron chi connectivity index (χ0n) is 11.9. The van der Waals surface area contributed by atoms with Crippen LogP contribution in [0.2, 0.25) is 0 Å². The summed E-state index contributed by atoms with van der Waals surface area (Å²) in [5, 5.41) is 3.70. The number of anilines is 1. The monoisotopic (exact) mass is 349 g/mol. The predicted octanol–water partition coefficient (Wildman–Crippen LogP) is 6.12. The molecule has 1 N–H and O–H groups in total. The molecule has 1 atom stereocenters. The highest BCUT2D eigenvalue weighted by Crippen LogP contribution is 2.39. The van der Waals surface area contributed by atoms with Gasteiger partial charge in [0.25, 0.3) is 0 Å². The molecule has 3 heteroatoms. The van der Waals surface area contributed by atoms with E-state index < -0.39 is 0 Å². The Morgan fingerprint density at radius 1 is 1.25 bits per heavy atom. The summed E-state index contributed by atoms with van der Waals surface area (Å²) < 4.78 is 1.26. The first-order chi connectivity index (χ1) is 9.63. The number of fused-ring (bicyclic) bond motifs is 1. The fourth-order valence-electron chi connectivity index (χ4n) is 2.84. The fourth-order valence-corrected chi connectivity index (χ4v) is 4.66. The van der Waals surface area contributed by atoms with Crippen molar-refractivity contribution >= 4 is 33.0 Å². The summed E-state index contributed by atoms with van der Waals surface area (Å²) in [6.07, 6.45) is 3.74. The number of rotatable bonds is 3. The highest BCUT2D eigenvalue weighted by atomic mass is 79.9. The van der Waals surface area contributed by atoms with E-state index in [-0.39, 0.29) is 0 Å². The topological polar surface area (TPSA) is 12.0 Å². The number of aryl methyl sites for hydroxylation is 1.